The summed E-state index contributed by atoms with van der Waals surface area (Å²) in [6.07, 6.45) is 1.63. The summed E-state index contributed by atoms with van der Waals surface area (Å²) in [6, 6.07) is 19.2. The minimum absolute atomic E-state index is 0.196. The molecule has 0 unspecified atom stereocenters. The molecule has 0 saturated heterocycles. The molecule has 5 nitrogen and oxygen atoms in total. The normalized spacial score (nSPS) is 9.52. The van der Waals surface area contributed by atoms with Crippen LogP contribution in [0.25, 0.3) is 11.1 Å². The molecular formula is C16H17N5. The molecule has 0 fully saturated rings. The molecule has 6 N–H and O–H groups in total. The van der Waals surface area contributed by atoms with Crippen LogP contribution in [0.4, 0.5) is 17.5 Å². The molecule has 5 heteroatoms. The highest BCUT2D eigenvalue weighted by Crippen LogP contribution is 2.22. The number of rotatable bonds is 1. The molecule has 3 aromatic rings. The summed E-state index contributed by atoms with van der Waals surface area (Å²) in [5, 5.41) is 0. The summed E-state index contributed by atoms with van der Waals surface area (Å²) in [7, 11) is 0. The van der Waals surface area contributed by atoms with E-state index in [0.29, 0.717) is 5.82 Å². The lowest BCUT2D eigenvalue weighted by Gasteiger charge is -2.03. The van der Waals surface area contributed by atoms with E-state index in [0.717, 1.165) is 16.8 Å². The van der Waals surface area contributed by atoms with E-state index in [1.165, 1.54) is 0 Å². The topological polar surface area (TPSA) is 104 Å². The Morgan fingerprint density at radius 3 is 1.76 bits per heavy atom. The van der Waals surface area contributed by atoms with E-state index in [9.17, 15) is 0 Å². The van der Waals surface area contributed by atoms with Crippen molar-refractivity contribution in [1.82, 2.24) is 9.97 Å². The first kappa shape index (κ1) is 14.3. The van der Waals surface area contributed by atoms with Crippen LogP contribution in [0, 0.1) is 0 Å². The summed E-state index contributed by atoms with van der Waals surface area (Å²) >= 11 is 0. The van der Waals surface area contributed by atoms with Crippen LogP contribution < -0.4 is 17.2 Å². The first-order valence-corrected chi connectivity index (χ1v) is 6.41. The first-order valence-electron chi connectivity index (χ1n) is 6.41. The van der Waals surface area contributed by atoms with Gasteiger partial charge in [-0.25, -0.2) is 4.98 Å². The largest absolute Gasteiger partial charge is 0.399 e. The van der Waals surface area contributed by atoms with Crippen molar-refractivity contribution in [3.8, 4) is 11.1 Å². The predicted molar refractivity (Wildman–Crippen MR) is 87.1 cm³/mol. The Bertz CT molecular complexity index is 684. The van der Waals surface area contributed by atoms with Gasteiger partial charge in [0.05, 0.1) is 0 Å². The molecule has 0 amide bonds. The maximum atomic E-state index is 5.72. The molecular weight excluding hydrogens is 262 g/mol. The molecule has 0 saturated carbocycles. The molecule has 1 aromatic heterocycles. The van der Waals surface area contributed by atoms with Crippen molar-refractivity contribution in [3.05, 3.63) is 66.9 Å². The van der Waals surface area contributed by atoms with Gasteiger partial charge in [-0.1, -0.05) is 48.5 Å². The first-order chi connectivity index (χ1) is 10.2. The van der Waals surface area contributed by atoms with Gasteiger partial charge >= 0.3 is 0 Å². The predicted octanol–water partition coefficient (Wildman–Crippen LogP) is 2.58. The average molecular weight is 279 g/mol. The Hall–Kier alpha value is -3.08. The van der Waals surface area contributed by atoms with Gasteiger partial charge in [0.2, 0.25) is 5.95 Å². The number of hydrogen-bond donors (Lipinski definition) is 3. The van der Waals surface area contributed by atoms with Gasteiger partial charge in [0.25, 0.3) is 0 Å². The standard InChI is InChI=1S/C10H10N4.C6H7N/c11-9-8(6-13-10(12)14-9)7-4-2-1-3-5-7;7-6-4-2-1-3-5-6/h1-6H,(H4,11,12,13,14);1-5H,7H2. The van der Waals surface area contributed by atoms with Crippen molar-refractivity contribution in [1.29, 1.82) is 0 Å². The van der Waals surface area contributed by atoms with Gasteiger partial charge in [0.15, 0.2) is 0 Å². The summed E-state index contributed by atoms with van der Waals surface area (Å²) < 4.78 is 0. The van der Waals surface area contributed by atoms with E-state index < -0.39 is 0 Å². The van der Waals surface area contributed by atoms with Crippen LogP contribution in [0.1, 0.15) is 0 Å². The van der Waals surface area contributed by atoms with Crippen LogP contribution in [0.15, 0.2) is 66.9 Å². The van der Waals surface area contributed by atoms with Crippen LogP contribution in [0.3, 0.4) is 0 Å². The lowest BCUT2D eigenvalue weighted by atomic mass is 10.1. The van der Waals surface area contributed by atoms with Gasteiger partial charge < -0.3 is 17.2 Å². The molecule has 21 heavy (non-hydrogen) atoms. The zero-order valence-corrected chi connectivity index (χ0v) is 11.5. The van der Waals surface area contributed by atoms with Crippen molar-refractivity contribution < 1.29 is 0 Å². The fourth-order valence-electron chi connectivity index (χ4n) is 1.70. The number of anilines is 3. The van der Waals surface area contributed by atoms with E-state index in [2.05, 4.69) is 9.97 Å². The van der Waals surface area contributed by atoms with Crippen molar-refractivity contribution >= 4 is 17.5 Å². The molecule has 0 atom stereocenters. The molecule has 0 aliphatic heterocycles. The second kappa shape index (κ2) is 6.91. The van der Waals surface area contributed by atoms with Crippen LogP contribution >= 0.6 is 0 Å². The van der Waals surface area contributed by atoms with Gasteiger partial charge in [-0.15, -0.1) is 0 Å². The summed E-state index contributed by atoms with van der Waals surface area (Å²) in [4.78, 5) is 7.80. The monoisotopic (exact) mass is 279 g/mol. The van der Waals surface area contributed by atoms with Crippen molar-refractivity contribution in [3.63, 3.8) is 0 Å². The van der Waals surface area contributed by atoms with Crippen LogP contribution in [-0.2, 0) is 0 Å². The van der Waals surface area contributed by atoms with Crippen molar-refractivity contribution in [2.45, 2.75) is 0 Å². The third-order valence-corrected chi connectivity index (χ3v) is 2.72. The fourth-order valence-corrected chi connectivity index (χ4v) is 1.70. The fraction of sp³-hybridized carbons (Fsp3) is 0. The second-order valence-corrected chi connectivity index (χ2v) is 4.30. The number of nitrogens with two attached hydrogens (primary N) is 3. The Morgan fingerprint density at radius 2 is 1.29 bits per heavy atom. The zero-order valence-electron chi connectivity index (χ0n) is 11.5. The smallest absolute Gasteiger partial charge is 0.221 e. The lowest BCUT2D eigenvalue weighted by molar-refractivity contribution is 1.20. The van der Waals surface area contributed by atoms with Gasteiger partial charge in [0.1, 0.15) is 5.82 Å². The molecule has 0 spiro atoms. The molecule has 0 radical (unpaired) electrons. The number of nitrogen functional groups attached to an aromatic ring is 3. The third-order valence-electron chi connectivity index (χ3n) is 2.72. The highest BCUT2D eigenvalue weighted by molar-refractivity contribution is 5.73. The van der Waals surface area contributed by atoms with Crippen molar-refractivity contribution in [2.75, 3.05) is 17.2 Å². The molecule has 3 rings (SSSR count). The summed E-state index contributed by atoms with van der Waals surface area (Å²) in [5.41, 5.74) is 19.1. The molecule has 1 heterocycles. The average Bonchev–Trinajstić information content (AvgIpc) is 2.49. The van der Waals surface area contributed by atoms with Gasteiger partial charge in [-0.2, -0.15) is 4.98 Å². The Morgan fingerprint density at radius 1 is 0.714 bits per heavy atom. The number of benzene rings is 2. The summed E-state index contributed by atoms with van der Waals surface area (Å²) in [5.74, 6) is 0.603. The van der Waals surface area contributed by atoms with Crippen LogP contribution in [0.2, 0.25) is 0 Å². The van der Waals surface area contributed by atoms with Crippen molar-refractivity contribution in [2.24, 2.45) is 0 Å². The second-order valence-electron chi connectivity index (χ2n) is 4.30. The van der Waals surface area contributed by atoms with Crippen LogP contribution in [-0.4, -0.2) is 9.97 Å². The number of nitrogens with zero attached hydrogens (tertiary/aromatic N) is 2. The van der Waals surface area contributed by atoms with E-state index in [4.69, 9.17) is 17.2 Å². The van der Waals surface area contributed by atoms with Gasteiger partial charge in [-0.05, 0) is 17.7 Å². The molecule has 0 aliphatic carbocycles. The lowest BCUT2D eigenvalue weighted by Crippen LogP contribution is -2.00. The maximum absolute atomic E-state index is 5.72. The number of hydrogen-bond acceptors (Lipinski definition) is 5. The molecule has 2 aromatic carbocycles. The molecule has 0 bridgehead atoms. The molecule has 106 valence electrons. The zero-order chi connectivity index (χ0) is 15.1. The molecule has 0 aliphatic rings. The van der Waals surface area contributed by atoms with E-state index in [1.54, 1.807) is 6.20 Å². The Labute approximate surface area is 123 Å². The van der Waals surface area contributed by atoms with E-state index in [-0.39, 0.29) is 5.95 Å². The highest BCUT2D eigenvalue weighted by atomic mass is 15.0. The maximum Gasteiger partial charge on any atom is 0.221 e. The van der Waals surface area contributed by atoms with Gasteiger partial charge in [-0.3, -0.25) is 0 Å². The van der Waals surface area contributed by atoms with E-state index in [1.807, 2.05) is 60.7 Å². The quantitative estimate of drug-likeness (QED) is 0.594. The number of para-hydroxylation sites is 1. The van der Waals surface area contributed by atoms with Crippen LogP contribution in [0.5, 0.6) is 0 Å². The highest BCUT2D eigenvalue weighted by Gasteiger charge is 2.03. The summed E-state index contributed by atoms with van der Waals surface area (Å²) in [6.45, 7) is 0. The Balaban J connectivity index is 0.000000194. The minimum Gasteiger partial charge on any atom is -0.399 e. The Kier molecular flexibility index (Phi) is 4.71. The SMILES string of the molecule is Nc1ccccc1.Nc1ncc(-c2ccccc2)c(N)n1. The number of aromatic nitrogens is 2. The third kappa shape index (κ3) is 4.21. The van der Waals surface area contributed by atoms with E-state index >= 15 is 0 Å². The minimum atomic E-state index is 0.196. The van der Waals surface area contributed by atoms with Gasteiger partial charge in [0, 0.05) is 17.4 Å².